The first-order valence-corrected chi connectivity index (χ1v) is 13.5. The number of hydrogen-bond acceptors (Lipinski definition) is 3. The fourth-order valence-corrected chi connectivity index (χ4v) is 5.55. The first-order chi connectivity index (χ1) is 18.5. The molecule has 5 nitrogen and oxygen atoms in total. The predicted octanol–water partition coefficient (Wildman–Crippen LogP) is 5.88. The molecule has 0 saturated carbocycles. The number of aryl methyl sites for hydroxylation is 1. The maximum atomic E-state index is 15.3. The van der Waals surface area contributed by atoms with Crippen LogP contribution in [-0.4, -0.2) is 48.7 Å². The predicted molar refractivity (Wildman–Crippen MR) is 150 cm³/mol. The fourth-order valence-electron chi connectivity index (χ4n) is 5.55. The smallest absolute Gasteiger partial charge is 0.220 e. The summed E-state index contributed by atoms with van der Waals surface area (Å²) in [5.41, 5.74) is 4.70. The molecule has 6 heteroatoms. The van der Waals surface area contributed by atoms with Gasteiger partial charge in [0.2, 0.25) is 5.91 Å². The molecular weight excluding hydrogens is 477 g/mol. The second-order valence-electron chi connectivity index (χ2n) is 10.3. The van der Waals surface area contributed by atoms with E-state index in [2.05, 4.69) is 45.2 Å². The minimum atomic E-state index is -0.399. The van der Waals surface area contributed by atoms with Gasteiger partial charge >= 0.3 is 0 Å². The number of benzene rings is 3. The third-order valence-corrected chi connectivity index (χ3v) is 7.57. The van der Waals surface area contributed by atoms with Gasteiger partial charge in [-0.25, -0.2) is 4.39 Å². The summed E-state index contributed by atoms with van der Waals surface area (Å²) in [5, 5.41) is 4.14. The van der Waals surface area contributed by atoms with Crippen LogP contribution in [-0.2, 0) is 11.3 Å². The van der Waals surface area contributed by atoms with Crippen molar-refractivity contribution in [2.45, 2.75) is 38.6 Å². The summed E-state index contributed by atoms with van der Waals surface area (Å²) in [5.74, 6) is 0.0841. The SMILES string of the molecule is COc1ccc(Cn2cc([C@@H](CC(=O)NCCN3CCCC3)c3cc(C)ccc3F)c3ccccc32)cc1. The Kier molecular flexibility index (Phi) is 8.08. The lowest BCUT2D eigenvalue weighted by molar-refractivity contribution is -0.121. The largest absolute Gasteiger partial charge is 0.497 e. The van der Waals surface area contributed by atoms with Crippen molar-refractivity contribution in [2.24, 2.45) is 0 Å². The van der Waals surface area contributed by atoms with Crippen LogP contribution in [0.1, 0.15) is 47.4 Å². The molecule has 1 fully saturated rings. The number of likely N-dealkylation sites (tertiary alicyclic amines) is 1. The number of amides is 1. The van der Waals surface area contributed by atoms with Gasteiger partial charge in [0.1, 0.15) is 11.6 Å². The standard InChI is InChI=1S/C32H36FN3O2/c1-23-9-14-30(33)28(19-23)27(20-32(37)34-15-18-35-16-5-6-17-35)29-22-36(31-8-4-3-7-26(29)31)21-24-10-12-25(38-2)13-11-24/h3-4,7-14,19,22,27H,5-6,15-18,20-21H2,1-2H3,(H,34,37)/t27-/m0/s1. The van der Waals surface area contributed by atoms with Crippen LogP contribution in [0.3, 0.4) is 0 Å². The normalized spacial score (nSPS) is 14.6. The van der Waals surface area contributed by atoms with Crippen LogP contribution in [0.5, 0.6) is 5.75 Å². The van der Waals surface area contributed by atoms with Gasteiger partial charge in [0, 0.05) is 49.1 Å². The number of para-hydroxylation sites is 1. The van der Waals surface area contributed by atoms with Crippen LogP contribution < -0.4 is 10.1 Å². The summed E-state index contributed by atoms with van der Waals surface area (Å²) in [6.45, 7) is 6.29. The Bertz CT molecular complexity index is 1390. The summed E-state index contributed by atoms with van der Waals surface area (Å²) < 4.78 is 22.8. The van der Waals surface area contributed by atoms with Crippen molar-refractivity contribution >= 4 is 16.8 Å². The average molecular weight is 514 g/mol. The highest BCUT2D eigenvalue weighted by atomic mass is 19.1. The van der Waals surface area contributed by atoms with Gasteiger partial charge in [-0.3, -0.25) is 4.79 Å². The Balaban J connectivity index is 1.46. The summed E-state index contributed by atoms with van der Waals surface area (Å²) in [7, 11) is 1.66. The molecule has 1 aliphatic heterocycles. The van der Waals surface area contributed by atoms with Gasteiger partial charge in [0.05, 0.1) is 7.11 Å². The number of hydrogen-bond donors (Lipinski definition) is 1. The van der Waals surface area contributed by atoms with E-state index in [0.29, 0.717) is 18.7 Å². The minimum absolute atomic E-state index is 0.0536. The fraction of sp³-hybridized carbons (Fsp3) is 0.344. The summed E-state index contributed by atoms with van der Waals surface area (Å²) in [6, 6.07) is 21.4. The highest BCUT2D eigenvalue weighted by Crippen LogP contribution is 2.36. The monoisotopic (exact) mass is 513 g/mol. The highest BCUT2D eigenvalue weighted by Gasteiger charge is 2.25. The van der Waals surface area contributed by atoms with Crippen LogP contribution in [0, 0.1) is 12.7 Å². The van der Waals surface area contributed by atoms with Gasteiger partial charge in [-0.05, 0) is 73.8 Å². The van der Waals surface area contributed by atoms with Crippen molar-refractivity contribution in [2.75, 3.05) is 33.3 Å². The number of carbonyl (C=O) groups is 1. The number of methoxy groups -OCH3 is 1. The van der Waals surface area contributed by atoms with Crippen molar-refractivity contribution in [1.29, 1.82) is 0 Å². The van der Waals surface area contributed by atoms with Crippen molar-refractivity contribution in [3.8, 4) is 5.75 Å². The molecule has 1 amide bonds. The van der Waals surface area contributed by atoms with E-state index < -0.39 is 5.92 Å². The number of fused-ring (bicyclic) bond motifs is 1. The van der Waals surface area contributed by atoms with Gasteiger partial charge in [-0.15, -0.1) is 0 Å². The molecule has 0 unspecified atom stereocenters. The molecule has 3 aromatic carbocycles. The number of aromatic nitrogens is 1. The van der Waals surface area contributed by atoms with Crippen LogP contribution in [0.15, 0.2) is 72.9 Å². The number of nitrogens with zero attached hydrogens (tertiary/aromatic N) is 2. The molecular formula is C32H36FN3O2. The molecule has 1 aliphatic rings. The second-order valence-corrected chi connectivity index (χ2v) is 10.3. The van der Waals surface area contributed by atoms with Crippen molar-refractivity contribution in [3.63, 3.8) is 0 Å². The van der Waals surface area contributed by atoms with E-state index in [9.17, 15) is 4.79 Å². The van der Waals surface area contributed by atoms with E-state index >= 15 is 4.39 Å². The molecule has 1 N–H and O–H groups in total. The maximum Gasteiger partial charge on any atom is 0.220 e. The lowest BCUT2D eigenvalue weighted by Crippen LogP contribution is -2.34. The van der Waals surface area contributed by atoms with E-state index in [-0.39, 0.29) is 18.1 Å². The van der Waals surface area contributed by atoms with E-state index in [1.54, 1.807) is 13.2 Å². The zero-order valence-electron chi connectivity index (χ0n) is 22.3. The van der Waals surface area contributed by atoms with Gasteiger partial charge in [0.15, 0.2) is 0 Å². The van der Waals surface area contributed by atoms with Crippen LogP contribution in [0.4, 0.5) is 4.39 Å². The average Bonchev–Trinajstić information content (AvgIpc) is 3.58. The molecule has 38 heavy (non-hydrogen) atoms. The zero-order valence-corrected chi connectivity index (χ0v) is 22.3. The molecule has 1 aromatic heterocycles. The first-order valence-electron chi connectivity index (χ1n) is 13.5. The highest BCUT2D eigenvalue weighted by molar-refractivity contribution is 5.87. The molecule has 0 spiro atoms. The number of halogens is 1. The van der Waals surface area contributed by atoms with Gasteiger partial charge < -0.3 is 19.5 Å². The van der Waals surface area contributed by atoms with E-state index in [1.807, 2.05) is 37.3 Å². The lowest BCUT2D eigenvalue weighted by atomic mass is 9.87. The van der Waals surface area contributed by atoms with E-state index in [1.165, 1.54) is 18.9 Å². The molecule has 1 saturated heterocycles. The quantitative estimate of drug-likeness (QED) is 0.288. The molecule has 0 aliphatic carbocycles. The molecule has 0 radical (unpaired) electrons. The van der Waals surface area contributed by atoms with E-state index in [0.717, 1.165) is 53.0 Å². The maximum absolute atomic E-state index is 15.3. The third kappa shape index (κ3) is 5.91. The van der Waals surface area contributed by atoms with Crippen LogP contribution in [0.25, 0.3) is 10.9 Å². The third-order valence-electron chi connectivity index (χ3n) is 7.57. The van der Waals surface area contributed by atoms with Crippen molar-refractivity contribution < 1.29 is 13.9 Å². The Morgan fingerprint density at radius 2 is 1.79 bits per heavy atom. The summed E-state index contributed by atoms with van der Waals surface area (Å²) in [6.07, 6.45) is 4.74. The molecule has 1 atom stereocenters. The Morgan fingerprint density at radius 3 is 2.55 bits per heavy atom. The molecule has 4 aromatic rings. The Labute approximate surface area is 224 Å². The van der Waals surface area contributed by atoms with Crippen molar-refractivity contribution in [3.05, 3.63) is 101 Å². The van der Waals surface area contributed by atoms with E-state index in [4.69, 9.17) is 4.74 Å². The summed E-state index contributed by atoms with van der Waals surface area (Å²) in [4.78, 5) is 15.6. The second kappa shape index (κ2) is 11.8. The van der Waals surface area contributed by atoms with Crippen LogP contribution >= 0.6 is 0 Å². The molecule has 5 rings (SSSR count). The number of ether oxygens (including phenoxy) is 1. The topological polar surface area (TPSA) is 46.5 Å². The molecule has 2 heterocycles. The van der Waals surface area contributed by atoms with Gasteiger partial charge in [-0.1, -0.05) is 48.0 Å². The number of nitrogens with one attached hydrogen (secondary N) is 1. The van der Waals surface area contributed by atoms with Crippen molar-refractivity contribution in [1.82, 2.24) is 14.8 Å². The number of carbonyl (C=O) groups excluding carboxylic acids is 1. The van der Waals surface area contributed by atoms with Gasteiger partial charge in [-0.2, -0.15) is 0 Å². The Morgan fingerprint density at radius 1 is 1.03 bits per heavy atom. The zero-order chi connectivity index (χ0) is 26.5. The lowest BCUT2D eigenvalue weighted by Gasteiger charge is -2.20. The number of rotatable bonds is 10. The molecule has 198 valence electrons. The first kappa shape index (κ1) is 26.0. The minimum Gasteiger partial charge on any atom is -0.497 e. The van der Waals surface area contributed by atoms with Gasteiger partial charge in [0.25, 0.3) is 0 Å². The Hall–Kier alpha value is -3.64. The van der Waals surface area contributed by atoms with Crippen LogP contribution in [0.2, 0.25) is 0 Å². The molecule has 0 bridgehead atoms. The summed E-state index contributed by atoms with van der Waals surface area (Å²) >= 11 is 0.